The predicted octanol–water partition coefficient (Wildman–Crippen LogP) is 3.69. The summed E-state index contributed by atoms with van der Waals surface area (Å²) < 4.78 is 5.05. The lowest BCUT2D eigenvalue weighted by molar-refractivity contribution is 0.0948. The Hall–Kier alpha value is -2.23. The van der Waals surface area contributed by atoms with E-state index < -0.39 is 5.91 Å². The smallest absolute Gasteiger partial charge is 0.276 e. The summed E-state index contributed by atoms with van der Waals surface area (Å²) in [5.41, 5.74) is 1.74. The van der Waals surface area contributed by atoms with Crippen LogP contribution in [0.5, 0.6) is 0 Å². The van der Waals surface area contributed by atoms with Crippen LogP contribution in [0.25, 0.3) is 0 Å². The summed E-state index contributed by atoms with van der Waals surface area (Å²) in [6, 6.07) is 0. The largest absolute Gasteiger partial charge is 0.385 e. The third-order valence-electron chi connectivity index (χ3n) is 5.77. The van der Waals surface area contributed by atoms with Crippen molar-refractivity contribution in [1.29, 1.82) is 0 Å². The van der Waals surface area contributed by atoms with Gasteiger partial charge in [0.25, 0.3) is 11.8 Å². The zero-order valence-corrected chi connectivity index (χ0v) is 19.8. The Kier molecular flexibility index (Phi) is 7.59. The molecule has 4 rings (SSSR count). The molecule has 0 aromatic carbocycles. The van der Waals surface area contributed by atoms with E-state index >= 15 is 0 Å². The number of halogens is 1. The van der Waals surface area contributed by atoms with E-state index in [2.05, 4.69) is 25.5 Å². The monoisotopic (exact) mass is 477 g/mol. The molecule has 0 unspecified atom stereocenters. The van der Waals surface area contributed by atoms with Gasteiger partial charge in [0, 0.05) is 38.2 Å². The number of methoxy groups -OCH3 is 1. The number of rotatable bonds is 8. The molecule has 0 atom stereocenters. The van der Waals surface area contributed by atoms with Gasteiger partial charge in [-0.1, -0.05) is 11.6 Å². The first-order chi connectivity index (χ1) is 15.6. The Labute approximate surface area is 196 Å². The van der Waals surface area contributed by atoms with Gasteiger partial charge in [-0.05, 0) is 50.5 Å². The second-order valence-corrected chi connectivity index (χ2v) is 9.54. The van der Waals surface area contributed by atoms with Gasteiger partial charge in [0.15, 0.2) is 5.69 Å². The summed E-state index contributed by atoms with van der Waals surface area (Å²) >= 11 is 7.75. The molecule has 1 aliphatic heterocycles. The quantitative estimate of drug-likeness (QED) is 0.563. The lowest BCUT2D eigenvalue weighted by atomic mass is 9.95. The molecule has 1 aliphatic carbocycles. The van der Waals surface area contributed by atoms with E-state index in [-0.39, 0.29) is 16.6 Å². The molecule has 32 heavy (non-hydrogen) atoms. The molecule has 2 N–H and O–H groups in total. The van der Waals surface area contributed by atoms with Crippen LogP contribution < -0.4 is 15.5 Å². The number of carbonyl (C=O) groups is 2. The van der Waals surface area contributed by atoms with Crippen LogP contribution in [0.15, 0.2) is 6.20 Å². The van der Waals surface area contributed by atoms with Crippen molar-refractivity contribution in [3.63, 3.8) is 0 Å². The number of aryl methyl sites for hydroxylation is 1. The molecule has 2 aromatic heterocycles. The number of hydrogen-bond donors (Lipinski definition) is 2. The summed E-state index contributed by atoms with van der Waals surface area (Å²) in [5.74, 6) is -0.0779. The third-order valence-corrected chi connectivity index (χ3v) is 7.26. The van der Waals surface area contributed by atoms with E-state index in [4.69, 9.17) is 16.3 Å². The molecule has 2 amide bonds. The van der Waals surface area contributed by atoms with Crippen LogP contribution >= 0.6 is 22.9 Å². The summed E-state index contributed by atoms with van der Waals surface area (Å²) in [7, 11) is 1.64. The summed E-state index contributed by atoms with van der Waals surface area (Å²) in [4.78, 5) is 38.1. The minimum absolute atomic E-state index is 0.126. The molecule has 172 valence electrons. The number of amides is 2. The average molecular weight is 478 g/mol. The minimum atomic E-state index is -0.426. The maximum absolute atomic E-state index is 13.1. The van der Waals surface area contributed by atoms with Crippen LogP contribution in [-0.2, 0) is 17.6 Å². The Morgan fingerprint density at radius 3 is 2.75 bits per heavy atom. The van der Waals surface area contributed by atoms with Crippen LogP contribution in [0.1, 0.15) is 63.4 Å². The lowest BCUT2D eigenvalue weighted by Gasteiger charge is -2.16. The predicted molar refractivity (Wildman–Crippen MR) is 126 cm³/mol. The maximum atomic E-state index is 13.1. The first-order valence-corrected chi connectivity index (χ1v) is 12.3. The average Bonchev–Trinajstić information content (AvgIpc) is 3.45. The van der Waals surface area contributed by atoms with Crippen molar-refractivity contribution in [2.24, 2.45) is 0 Å². The first-order valence-electron chi connectivity index (χ1n) is 11.1. The standard InChI is InChI=1S/C22H28ClN5O3S/c1-31-12-6-9-24-19(29)17-14-7-2-3-8-16(14)32-21(17)27-20(30)18-15(23)13-25-22(26-18)28-10-4-5-11-28/h13H,2-12H2,1H3,(H,24,29)(H,27,30). The van der Waals surface area contributed by atoms with Crippen LogP contribution in [0, 0.1) is 0 Å². The Morgan fingerprint density at radius 1 is 1.19 bits per heavy atom. The minimum Gasteiger partial charge on any atom is -0.385 e. The fraction of sp³-hybridized carbons (Fsp3) is 0.545. The molecule has 10 heteroatoms. The van der Waals surface area contributed by atoms with Crippen LogP contribution in [0.4, 0.5) is 10.9 Å². The fourth-order valence-corrected chi connectivity index (χ4v) is 5.61. The maximum Gasteiger partial charge on any atom is 0.276 e. The number of carbonyl (C=O) groups excluding carboxylic acids is 2. The molecule has 0 bridgehead atoms. The van der Waals surface area contributed by atoms with Crippen molar-refractivity contribution in [2.75, 3.05) is 43.6 Å². The fourth-order valence-electron chi connectivity index (χ4n) is 4.15. The normalized spacial score (nSPS) is 15.5. The molecule has 0 radical (unpaired) electrons. The second kappa shape index (κ2) is 10.6. The number of nitrogens with zero attached hydrogens (tertiary/aromatic N) is 3. The number of fused-ring (bicyclic) bond motifs is 1. The van der Waals surface area contributed by atoms with Crippen molar-refractivity contribution in [2.45, 2.75) is 44.9 Å². The highest BCUT2D eigenvalue weighted by molar-refractivity contribution is 7.17. The Morgan fingerprint density at radius 2 is 1.97 bits per heavy atom. The van der Waals surface area contributed by atoms with Gasteiger partial charge >= 0.3 is 0 Å². The van der Waals surface area contributed by atoms with Gasteiger partial charge in [-0.2, -0.15) is 0 Å². The topological polar surface area (TPSA) is 96.5 Å². The SMILES string of the molecule is COCCCNC(=O)c1c(NC(=O)c2nc(N3CCCC3)ncc2Cl)sc2c1CCCC2. The number of hydrogen-bond acceptors (Lipinski definition) is 7. The molecule has 0 spiro atoms. The van der Waals surface area contributed by atoms with Gasteiger partial charge in [0.1, 0.15) is 5.00 Å². The molecule has 2 aromatic rings. The van der Waals surface area contributed by atoms with E-state index in [1.54, 1.807) is 7.11 Å². The molecule has 8 nitrogen and oxygen atoms in total. The van der Waals surface area contributed by atoms with Gasteiger partial charge < -0.3 is 20.3 Å². The van der Waals surface area contributed by atoms with Gasteiger partial charge in [-0.3, -0.25) is 9.59 Å². The van der Waals surface area contributed by atoms with Gasteiger partial charge in [0.2, 0.25) is 5.95 Å². The molecular weight excluding hydrogens is 450 g/mol. The third kappa shape index (κ3) is 5.05. The number of aromatic nitrogens is 2. The van der Waals surface area contributed by atoms with Gasteiger partial charge in [0.05, 0.1) is 16.8 Å². The molecular formula is C22H28ClN5O3S. The number of nitrogens with one attached hydrogen (secondary N) is 2. The van der Waals surface area contributed by atoms with E-state index in [1.807, 2.05) is 0 Å². The second-order valence-electron chi connectivity index (χ2n) is 8.03. The summed E-state index contributed by atoms with van der Waals surface area (Å²) in [5, 5.41) is 6.64. The zero-order chi connectivity index (χ0) is 22.5. The summed E-state index contributed by atoms with van der Waals surface area (Å²) in [6.45, 7) is 2.83. The van der Waals surface area contributed by atoms with E-state index in [0.717, 1.165) is 63.6 Å². The number of ether oxygens (including phenoxy) is 1. The van der Waals surface area contributed by atoms with E-state index in [9.17, 15) is 9.59 Å². The highest BCUT2D eigenvalue weighted by atomic mass is 35.5. The Balaban J connectivity index is 1.57. The molecule has 2 aliphatic rings. The van der Waals surface area contributed by atoms with Gasteiger partial charge in [-0.25, -0.2) is 9.97 Å². The van der Waals surface area contributed by atoms with Crippen molar-refractivity contribution in [3.8, 4) is 0 Å². The summed E-state index contributed by atoms with van der Waals surface area (Å²) in [6.07, 6.45) is 8.26. The highest BCUT2D eigenvalue weighted by Crippen LogP contribution is 2.38. The van der Waals surface area contributed by atoms with Crippen molar-refractivity contribution in [1.82, 2.24) is 15.3 Å². The van der Waals surface area contributed by atoms with Crippen LogP contribution in [0.3, 0.4) is 0 Å². The van der Waals surface area contributed by atoms with E-state index in [0.29, 0.717) is 29.7 Å². The highest BCUT2D eigenvalue weighted by Gasteiger charge is 2.27. The molecule has 1 saturated heterocycles. The molecule has 1 fully saturated rings. The lowest BCUT2D eigenvalue weighted by Crippen LogP contribution is -2.27. The number of thiophene rings is 1. The molecule has 3 heterocycles. The van der Waals surface area contributed by atoms with Crippen molar-refractivity contribution >= 4 is 45.7 Å². The van der Waals surface area contributed by atoms with E-state index in [1.165, 1.54) is 22.4 Å². The Bertz CT molecular complexity index is 990. The molecule has 0 saturated carbocycles. The number of anilines is 2. The first kappa shape index (κ1) is 22.9. The van der Waals surface area contributed by atoms with Crippen LogP contribution in [0.2, 0.25) is 5.02 Å². The van der Waals surface area contributed by atoms with Crippen molar-refractivity contribution < 1.29 is 14.3 Å². The van der Waals surface area contributed by atoms with Gasteiger partial charge in [-0.15, -0.1) is 11.3 Å². The zero-order valence-electron chi connectivity index (χ0n) is 18.2. The van der Waals surface area contributed by atoms with Crippen LogP contribution in [-0.4, -0.2) is 55.1 Å². The van der Waals surface area contributed by atoms with Crippen molar-refractivity contribution in [3.05, 3.63) is 32.9 Å².